The maximum atomic E-state index is 5.50. The van der Waals surface area contributed by atoms with Crippen molar-refractivity contribution in [2.24, 2.45) is 5.73 Å². The van der Waals surface area contributed by atoms with Gasteiger partial charge in [-0.25, -0.2) is 0 Å². The molecule has 1 aliphatic rings. The highest BCUT2D eigenvalue weighted by Gasteiger charge is 2.21. The summed E-state index contributed by atoms with van der Waals surface area (Å²) in [6, 6.07) is 6.04. The fraction of sp³-hybridized carbons (Fsp3) is 0.429. The summed E-state index contributed by atoms with van der Waals surface area (Å²) in [6.45, 7) is 1.79. The van der Waals surface area contributed by atoms with Crippen LogP contribution in [-0.4, -0.2) is 30.5 Å². The highest BCUT2D eigenvalue weighted by molar-refractivity contribution is 5.65. The molecule has 1 aromatic heterocycles. The predicted octanol–water partition coefficient (Wildman–Crippen LogP) is 1.71. The molecule has 2 aromatic rings. The number of rotatable bonds is 4. The van der Waals surface area contributed by atoms with E-state index < -0.39 is 0 Å². The van der Waals surface area contributed by atoms with Gasteiger partial charge in [0.25, 0.3) is 0 Å². The van der Waals surface area contributed by atoms with Gasteiger partial charge in [0.1, 0.15) is 5.75 Å². The molecule has 2 N–H and O–H groups in total. The Hall–Kier alpha value is -1.92. The van der Waals surface area contributed by atoms with Crippen molar-refractivity contribution in [1.82, 2.24) is 10.1 Å². The Morgan fingerprint density at radius 1 is 1.45 bits per heavy atom. The number of ether oxygens (including phenoxy) is 2. The van der Waals surface area contributed by atoms with Crippen molar-refractivity contribution in [3.8, 4) is 17.1 Å². The molecular formula is C14H17N3O3. The summed E-state index contributed by atoms with van der Waals surface area (Å²) in [6.07, 6.45) is 1.03. The largest absolute Gasteiger partial charge is 0.496 e. The summed E-state index contributed by atoms with van der Waals surface area (Å²) >= 11 is 0. The highest BCUT2D eigenvalue weighted by atomic mass is 16.5. The molecule has 0 bridgehead atoms. The fourth-order valence-corrected chi connectivity index (χ4v) is 2.40. The minimum atomic E-state index is 0.228. The van der Waals surface area contributed by atoms with Gasteiger partial charge in [0, 0.05) is 12.5 Å². The number of aromatic nitrogens is 2. The van der Waals surface area contributed by atoms with Crippen LogP contribution < -0.4 is 10.5 Å². The molecule has 0 amide bonds. The van der Waals surface area contributed by atoms with Gasteiger partial charge < -0.3 is 19.7 Å². The molecule has 106 valence electrons. The van der Waals surface area contributed by atoms with E-state index in [1.165, 1.54) is 5.56 Å². The Balaban J connectivity index is 1.99. The Morgan fingerprint density at radius 2 is 2.35 bits per heavy atom. The van der Waals surface area contributed by atoms with E-state index in [0.29, 0.717) is 17.6 Å². The van der Waals surface area contributed by atoms with Crippen LogP contribution in [0.1, 0.15) is 23.8 Å². The third kappa shape index (κ3) is 2.39. The number of hydrogen-bond donors (Lipinski definition) is 1. The monoisotopic (exact) mass is 275 g/mol. The van der Waals surface area contributed by atoms with Crippen molar-refractivity contribution in [1.29, 1.82) is 0 Å². The molecule has 1 fully saturated rings. The van der Waals surface area contributed by atoms with Gasteiger partial charge in [-0.15, -0.1) is 0 Å². The maximum absolute atomic E-state index is 5.50. The minimum absolute atomic E-state index is 0.228. The molecule has 1 unspecified atom stereocenters. The smallest absolute Gasteiger partial charge is 0.240 e. The first kappa shape index (κ1) is 13.1. The lowest BCUT2D eigenvalue weighted by Crippen LogP contribution is -2.00. The van der Waals surface area contributed by atoms with Crippen molar-refractivity contribution in [2.45, 2.75) is 18.9 Å². The van der Waals surface area contributed by atoms with Crippen molar-refractivity contribution in [3.63, 3.8) is 0 Å². The van der Waals surface area contributed by atoms with E-state index in [9.17, 15) is 0 Å². The molecule has 6 nitrogen and oxygen atoms in total. The van der Waals surface area contributed by atoms with Crippen LogP contribution in [0.25, 0.3) is 11.4 Å². The second-order valence-corrected chi connectivity index (χ2v) is 4.74. The molecule has 20 heavy (non-hydrogen) atoms. The zero-order valence-electron chi connectivity index (χ0n) is 11.3. The quantitative estimate of drug-likeness (QED) is 0.914. The standard InChI is InChI=1S/C14H17N3O3/c1-18-12-3-2-9(10-4-5-19-8-10)6-11(12)14-16-13(7-15)20-17-14/h2-3,6,10H,4-5,7-8,15H2,1H3. The molecule has 1 aromatic carbocycles. The molecule has 1 aliphatic heterocycles. The molecule has 3 rings (SSSR count). The topological polar surface area (TPSA) is 83.4 Å². The Labute approximate surface area is 116 Å². The number of nitrogens with two attached hydrogens (primary N) is 1. The van der Waals surface area contributed by atoms with E-state index >= 15 is 0 Å². The van der Waals surface area contributed by atoms with Gasteiger partial charge in [0.05, 0.1) is 25.8 Å². The lowest BCUT2D eigenvalue weighted by atomic mass is 9.96. The van der Waals surface area contributed by atoms with E-state index in [-0.39, 0.29) is 6.54 Å². The molecule has 0 aliphatic carbocycles. The van der Waals surface area contributed by atoms with Gasteiger partial charge >= 0.3 is 0 Å². The van der Waals surface area contributed by atoms with E-state index in [2.05, 4.69) is 16.2 Å². The summed E-state index contributed by atoms with van der Waals surface area (Å²) in [5.41, 5.74) is 7.52. The van der Waals surface area contributed by atoms with E-state index in [1.54, 1.807) is 7.11 Å². The number of benzene rings is 1. The van der Waals surface area contributed by atoms with E-state index in [4.69, 9.17) is 19.7 Å². The van der Waals surface area contributed by atoms with Gasteiger partial charge in [0.15, 0.2) is 0 Å². The van der Waals surface area contributed by atoms with Crippen LogP contribution in [0.15, 0.2) is 22.7 Å². The summed E-state index contributed by atoms with van der Waals surface area (Å²) in [5, 5.41) is 3.96. The molecule has 6 heteroatoms. The minimum Gasteiger partial charge on any atom is -0.496 e. The van der Waals surface area contributed by atoms with Crippen molar-refractivity contribution < 1.29 is 14.0 Å². The van der Waals surface area contributed by atoms with Crippen LogP contribution in [-0.2, 0) is 11.3 Å². The zero-order chi connectivity index (χ0) is 13.9. The Bertz CT molecular complexity index is 591. The third-order valence-corrected chi connectivity index (χ3v) is 3.51. The summed E-state index contributed by atoms with van der Waals surface area (Å²) in [7, 11) is 1.63. The maximum Gasteiger partial charge on any atom is 0.240 e. The van der Waals surface area contributed by atoms with Crippen LogP contribution >= 0.6 is 0 Å². The normalized spacial score (nSPS) is 18.4. The first-order valence-corrected chi connectivity index (χ1v) is 6.60. The third-order valence-electron chi connectivity index (χ3n) is 3.51. The van der Waals surface area contributed by atoms with E-state index in [1.807, 2.05) is 12.1 Å². The first-order valence-electron chi connectivity index (χ1n) is 6.60. The number of methoxy groups -OCH3 is 1. The van der Waals surface area contributed by atoms with Crippen molar-refractivity contribution in [3.05, 3.63) is 29.7 Å². The number of nitrogens with zero attached hydrogens (tertiary/aromatic N) is 2. The van der Waals surface area contributed by atoms with Crippen LogP contribution in [0.4, 0.5) is 0 Å². The number of hydrogen-bond acceptors (Lipinski definition) is 6. The lowest BCUT2D eigenvalue weighted by Gasteiger charge is -2.11. The first-order chi connectivity index (χ1) is 9.81. The summed E-state index contributed by atoms with van der Waals surface area (Å²) in [4.78, 5) is 4.26. The zero-order valence-corrected chi connectivity index (χ0v) is 11.3. The van der Waals surface area contributed by atoms with Crippen LogP contribution in [0.3, 0.4) is 0 Å². The molecule has 2 heterocycles. The van der Waals surface area contributed by atoms with Crippen LogP contribution in [0.2, 0.25) is 0 Å². The molecule has 0 radical (unpaired) electrons. The molecule has 1 atom stereocenters. The van der Waals surface area contributed by atoms with Gasteiger partial charge in [-0.2, -0.15) is 4.98 Å². The van der Waals surface area contributed by atoms with Crippen LogP contribution in [0.5, 0.6) is 5.75 Å². The Kier molecular flexibility index (Phi) is 3.66. The highest BCUT2D eigenvalue weighted by Crippen LogP contribution is 2.33. The second kappa shape index (κ2) is 5.60. The average Bonchev–Trinajstić information content (AvgIpc) is 3.17. The second-order valence-electron chi connectivity index (χ2n) is 4.74. The fourth-order valence-electron chi connectivity index (χ4n) is 2.40. The SMILES string of the molecule is COc1ccc(C2CCOC2)cc1-c1noc(CN)n1. The van der Waals surface area contributed by atoms with Gasteiger partial charge in [0.2, 0.25) is 11.7 Å². The van der Waals surface area contributed by atoms with E-state index in [0.717, 1.165) is 30.9 Å². The van der Waals surface area contributed by atoms with Gasteiger partial charge in [-0.3, -0.25) is 0 Å². The van der Waals surface area contributed by atoms with Gasteiger partial charge in [-0.05, 0) is 24.1 Å². The summed E-state index contributed by atoms with van der Waals surface area (Å²) in [5.74, 6) is 2.05. The average molecular weight is 275 g/mol. The lowest BCUT2D eigenvalue weighted by molar-refractivity contribution is 0.194. The van der Waals surface area contributed by atoms with Crippen LogP contribution in [0, 0.1) is 0 Å². The predicted molar refractivity (Wildman–Crippen MR) is 72.4 cm³/mol. The van der Waals surface area contributed by atoms with Crippen molar-refractivity contribution >= 4 is 0 Å². The molecule has 1 saturated heterocycles. The Morgan fingerprint density at radius 3 is 3.00 bits per heavy atom. The molecular weight excluding hydrogens is 258 g/mol. The van der Waals surface area contributed by atoms with Gasteiger partial charge in [-0.1, -0.05) is 11.2 Å². The molecule has 0 spiro atoms. The summed E-state index contributed by atoms with van der Waals surface area (Å²) < 4.78 is 15.9. The molecule has 0 saturated carbocycles. The van der Waals surface area contributed by atoms with Crippen molar-refractivity contribution in [2.75, 3.05) is 20.3 Å².